The van der Waals surface area contributed by atoms with E-state index in [0.717, 1.165) is 48.3 Å². The Morgan fingerprint density at radius 3 is 2.38 bits per heavy atom. The van der Waals surface area contributed by atoms with E-state index >= 15 is 0 Å². The molecule has 2 amide bonds. The maximum absolute atomic E-state index is 13.3. The van der Waals surface area contributed by atoms with Gasteiger partial charge in [0, 0.05) is 75.9 Å². The lowest BCUT2D eigenvalue weighted by Crippen LogP contribution is -2.39. The van der Waals surface area contributed by atoms with Gasteiger partial charge in [0.05, 0.1) is 11.4 Å². The fourth-order valence-electron chi connectivity index (χ4n) is 6.05. The van der Waals surface area contributed by atoms with E-state index in [0.29, 0.717) is 23.2 Å². The molecule has 0 radical (unpaired) electrons. The van der Waals surface area contributed by atoms with E-state index in [1.165, 1.54) is 16.5 Å². The van der Waals surface area contributed by atoms with Crippen LogP contribution in [0, 0.1) is 0 Å². The van der Waals surface area contributed by atoms with Crippen LogP contribution < -0.4 is 10.5 Å². The summed E-state index contributed by atoms with van der Waals surface area (Å²) in [4.78, 5) is 48.2. The van der Waals surface area contributed by atoms with Crippen LogP contribution in [0.2, 0.25) is 0 Å². The molecule has 3 aromatic heterocycles. The molecule has 1 aromatic carbocycles. The number of likely N-dealkylation sites (tertiary alicyclic amines) is 1. The first kappa shape index (κ1) is 32.0. The van der Waals surface area contributed by atoms with Crippen molar-refractivity contribution in [2.24, 2.45) is 7.05 Å². The first-order chi connectivity index (χ1) is 21.2. The Morgan fingerprint density at radius 2 is 1.76 bits per heavy atom. The molecule has 2 atom stereocenters. The third-order valence-corrected chi connectivity index (χ3v) is 8.64. The van der Waals surface area contributed by atoms with Crippen LogP contribution in [0.1, 0.15) is 68.1 Å². The number of carbonyl (C=O) groups is 2. The summed E-state index contributed by atoms with van der Waals surface area (Å²) in [6.45, 7) is 9.42. The number of fused-ring (bicyclic) bond motifs is 1. The smallest absolute Gasteiger partial charge is 0.414 e. The molecule has 1 aliphatic heterocycles. The van der Waals surface area contributed by atoms with Gasteiger partial charge >= 0.3 is 6.09 Å². The topological polar surface area (TPSA) is 92.9 Å². The van der Waals surface area contributed by atoms with Crippen LogP contribution in [-0.4, -0.2) is 75.2 Å². The Kier molecular flexibility index (Phi) is 8.89. The van der Waals surface area contributed by atoms with E-state index in [2.05, 4.69) is 39.6 Å². The minimum Gasteiger partial charge on any atom is -0.443 e. The van der Waals surface area contributed by atoms with E-state index in [1.807, 2.05) is 25.2 Å². The minimum absolute atomic E-state index is 0.0185. The molecule has 0 unspecified atom stereocenters. The van der Waals surface area contributed by atoms with Gasteiger partial charge in [-0.15, -0.1) is 0 Å². The number of rotatable bonds is 6. The van der Waals surface area contributed by atoms with Crippen molar-refractivity contribution in [1.29, 1.82) is 0 Å². The average Bonchev–Trinajstić information content (AvgIpc) is 3.31. The predicted octanol–water partition coefficient (Wildman–Crippen LogP) is 5.57. The molecule has 238 valence electrons. The number of nitrogens with zero attached hydrogens (tertiary/aromatic N) is 6. The van der Waals surface area contributed by atoms with Gasteiger partial charge in [-0.25, -0.2) is 9.78 Å². The van der Waals surface area contributed by atoms with E-state index in [1.54, 1.807) is 69.8 Å². The van der Waals surface area contributed by atoms with Gasteiger partial charge in [0.1, 0.15) is 11.2 Å². The van der Waals surface area contributed by atoms with Crippen LogP contribution in [0.4, 0.5) is 10.5 Å². The number of benzene rings is 1. The zero-order valence-corrected chi connectivity index (χ0v) is 27.6. The number of amides is 2. The largest absolute Gasteiger partial charge is 0.443 e. The molecule has 45 heavy (non-hydrogen) atoms. The van der Waals surface area contributed by atoms with Crippen molar-refractivity contribution in [3.63, 3.8) is 0 Å². The molecule has 1 saturated heterocycles. The maximum Gasteiger partial charge on any atom is 0.414 e. The summed E-state index contributed by atoms with van der Waals surface area (Å²) in [5.74, 6) is 0.467. The monoisotopic (exact) mass is 612 g/mol. The highest BCUT2D eigenvalue weighted by atomic mass is 16.6. The molecular weight excluding hydrogens is 568 g/mol. The fraction of sp³-hybridized carbons (Fsp3) is 0.429. The van der Waals surface area contributed by atoms with Crippen LogP contribution in [0.15, 0.2) is 65.7 Å². The Hall–Kier alpha value is -4.44. The third kappa shape index (κ3) is 6.81. The van der Waals surface area contributed by atoms with Crippen molar-refractivity contribution < 1.29 is 14.3 Å². The summed E-state index contributed by atoms with van der Waals surface area (Å²) in [5.41, 5.74) is 4.23. The SMILES string of the molecule is C[C@@H]1C[C@@H](c2ccc(C(=O)N(C)C)cc2)CCN1Cc1cc2c(-n3ccc(N(C)C(=O)OC(C)(C)C)cc3=O)ccnc2n1C. The molecule has 4 aromatic rings. The number of anilines is 1. The Morgan fingerprint density at radius 1 is 1.04 bits per heavy atom. The quantitative estimate of drug-likeness (QED) is 0.283. The van der Waals surface area contributed by atoms with E-state index in [4.69, 9.17) is 4.74 Å². The molecule has 0 bridgehead atoms. The van der Waals surface area contributed by atoms with Gasteiger partial charge in [0.2, 0.25) is 0 Å². The number of pyridine rings is 2. The van der Waals surface area contributed by atoms with E-state index in [-0.39, 0.29) is 11.5 Å². The first-order valence-corrected chi connectivity index (χ1v) is 15.4. The average molecular weight is 613 g/mol. The lowest BCUT2D eigenvalue weighted by molar-refractivity contribution is 0.0589. The summed E-state index contributed by atoms with van der Waals surface area (Å²) >= 11 is 0. The summed E-state index contributed by atoms with van der Waals surface area (Å²) in [7, 11) is 7.15. The van der Waals surface area contributed by atoms with Crippen LogP contribution in [0.3, 0.4) is 0 Å². The maximum atomic E-state index is 13.3. The number of aryl methyl sites for hydroxylation is 1. The molecule has 10 heteroatoms. The Labute approximate surface area is 264 Å². The molecule has 0 N–H and O–H groups in total. The predicted molar refractivity (Wildman–Crippen MR) is 177 cm³/mol. The van der Waals surface area contributed by atoms with Crippen LogP contribution in [-0.2, 0) is 18.3 Å². The summed E-state index contributed by atoms with van der Waals surface area (Å²) in [6.07, 6.45) is 4.97. The first-order valence-electron chi connectivity index (χ1n) is 15.4. The van der Waals surface area contributed by atoms with E-state index in [9.17, 15) is 14.4 Å². The standard InChI is InChI=1S/C35H44N6O4/c1-23-19-26(24-9-11-25(12-10-24)33(43)37(5)6)14-17-40(23)22-28-20-29-30(13-16-36-32(29)38(28)7)41-18-15-27(21-31(41)42)39(8)34(44)45-35(2,3)4/h9-13,15-16,18,20-21,23,26H,14,17,19,22H2,1-8H3/t23-,26+/m1/s1. The highest BCUT2D eigenvalue weighted by Crippen LogP contribution is 2.33. The highest BCUT2D eigenvalue weighted by molar-refractivity contribution is 5.94. The number of ether oxygens (including phenoxy) is 1. The van der Waals surface area contributed by atoms with Crippen molar-refractivity contribution in [3.8, 4) is 5.69 Å². The summed E-state index contributed by atoms with van der Waals surface area (Å²) < 4.78 is 9.14. The molecule has 1 aliphatic rings. The fourth-order valence-corrected chi connectivity index (χ4v) is 6.05. The number of aromatic nitrogens is 3. The van der Waals surface area contributed by atoms with Gasteiger partial charge in [-0.1, -0.05) is 12.1 Å². The second-order valence-electron chi connectivity index (χ2n) is 13.3. The van der Waals surface area contributed by atoms with Gasteiger partial charge in [0.15, 0.2) is 0 Å². The van der Waals surface area contributed by atoms with Gasteiger partial charge in [-0.05, 0) is 88.9 Å². The van der Waals surface area contributed by atoms with Crippen LogP contribution in [0.25, 0.3) is 16.7 Å². The molecule has 5 rings (SSSR count). The lowest BCUT2D eigenvalue weighted by Gasteiger charge is -2.38. The zero-order chi connectivity index (χ0) is 32.6. The molecule has 0 saturated carbocycles. The second kappa shape index (κ2) is 12.5. The Bertz CT molecular complexity index is 1770. The number of carbonyl (C=O) groups excluding carboxylic acids is 2. The van der Waals surface area contributed by atoms with Crippen molar-refractivity contribution in [2.75, 3.05) is 32.6 Å². The van der Waals surface area contributed by atoms with Gasteiger partial charge in [0.25, 0.3) is 11.5 Å². The number of piperidine rings is 1. The van der Waals surface area contributed by atoms with Gasteiger partial charge in [-0.2, -0.15) is 0 Å². The van der Waals surface area contributed by atoms with Crippen LogP contribution in [0.5, 0.6) is 0 Å². The molecular formula is C35H44N6O4. The van der Waals surface area contributed by atoms with Crippen molar-refractivity contribution in [3.05, 3.63) is 88.1 Å². The number of hydrogen-bond acceptors (Lipinski definition) is 6. The minimum atomic E-state index is -0.636. The summed E-state index contributed by atoms with van der Waals surface area (Å²) in [5, 5.41) is 0.889. The van der Waals surface area contributed by atoms with Crippen molar-refractivity contribution in [1.82, 2.24) is 23.9 Å². The van der Waals surface area contributed by atoms with Crippen molar-refractivity contribution >= 4 is 28.7 Å². The molecule has 10 nitrogen and oxygen atoms in total. The zero-order valence-electron chi connectivity index (χ0n) is 27.6. The van der Waals surface area contributed by atoms with E-state index < -0.39 is 11.7 Å². The van der Waals surface area contributed by atoms with Crippen molar-refractivity contribution in [2.45, 2.75) is 64.6 Å². The van der Waals surface area contributed by atoms with Gasteiger partial charge in [-0.3, -0.25) is 24.0 Å². The third-order valence-electron chi connectivity index (χ3n) is 8.64. The summed E-state index contributed by atoms with van der Waals surface area (Å²) in [6, 6.07) is 15.6. The van der Waals surface area contributed by atoms with Crippen LogP contribution >= 0.6 is 0 Å². The second-order valence-corrected chi connectivity index (χ2v) is 13.3. The Balaban J connectivity index is 1.32. The molecule has 0 aliphatic carbocycles. The van der Waals surface area contributed by atoms with Gasteiger partial charge < -0.3 is 14.2 Å². The molecule has 0 spiro atoms. The molecule has 4 heterocycles. The highest BCUT2D eigenvalue weighted by Gasteiger charge is 2.28. The normalized spacial score (nSPS) is 17.3. The number of hydrogen-bond donors (Lipinski definition) is 0. The molecule has 1 fully saturated rings. The lowest BCUT2D eigenvalue weighted by atomic mass is 9.85.